The summed E-state index contributed by atoms with van der Waals surface area (Å²) in [4.78, 5) is 6.17. The fourth-order valence-corrected chi connectivity index (χ4v) is 2.05. The number of hydrogen-bond acceptors (Lipinski definition) is 3. The summed E-state index contributed by atoms with van der Waals surface area (Å²) in [6.07, 6.45) is 3.54. The summed E-state index contributed by atoms with van der Waals surface area (Å²) in [7, 11) is 1.67. The number of pyridine rings is 1. The number of methoxy groups -OCH3 is 1. The van der Waals surface area contributed by atoms with Crippen molar-refractivity contribution in [3.05, 3.63) is 65.7 Å². The molecule has 0 saturated carbocycles. The lowest BCUT2D eigenvalue weighted by atomic mass is 10.2. The zero-order valence-corrected chi connectivity index (χ0v) is 11.6. The van der Waals surface area contributed by atoms with Crippen LogP contribution in [-0.2, 0) is 17.8 Å². The third-order valence-corrected chi connectivity index (χ3v) is 3.12. The van der Waals surface area contributed by atoms with Crippen LogP contribution >= 0.6 is 0 Å². The average Bonchev–Trinajstić information content (AvgIpc) is 2.48. The van der Waals surface area contributed by atoms with E-state index in [4.69, 9.17) is 4.74 Å². The average molecular weight is 274 g/mol. The van der Waals surface area contributed by atoms with Gasteiger partial charge >= 0.3 is 0 Å². The van der Waals surface area contributed by atoms with Crippen molar-refractivity contribution in [3.63, 3.8) is 0 Å². The van der Waals surface area contributed by atoms with Gasteiger partial charge in [0.05, 0.1) is 6.61 Å². The van der Waals surface area contributed by atoms with Crippen LogP contribution in [0.2, 0.25) is 0 Å². The molecule has 2 rings (SSSR count). The number of benzene rings is 1. The minimum atomic E-state index is -0.162. The van der Waals surface area contributed by atoms with Gasteiger partial charge in [0.25, 0.3) is 0 Å². The largest absolute Gasteiger partial charge is 0.383 e. The maximum Gasteiger partial charge on any atom is 0.127 e. The normalized spacial score (nSPS) is 10.9. The Morgan fingerprint density at radius 3 is 2.55 bits per heavy atom. The Bertz CT molecular complexity index is 519. The van der Waals surface area contributed by atoms with E-state index in [1.54, 1.807) is 25.6 Å². The van der Waals surface area contributed by atoms with Crippen LogP contribution in [0, 0.1) is 5.82 Å². The van der Waals surface area contributed by atoms with E-state index < -0.39 is 0 Å². The summed E-state index contributed by atoms with van der Waals surface area (Å²) in [6.45, 7) is 2.70. The van der Waals surface area contributed by atoms with E-state index in [9.17, 15) is 4.39 Å². The van der Waals surface area contributed by atoms with Crippen LogP contribution in [0.1, 0.15) is 11.1 Å². The highest BCUT2D eigenvalue weighted by Gasteiger charge is 2.09. The van der Waals surface area contributed by atoms with Crippen LogP contribution < -0.4 is 0 Å². The molecule has 0 bridgehead atoms. The first-order chi connectivity index (χ1) is 9.79. The number of nitrogens with zero attached hydrogens (tertiary/aromatic N) is 2. The highest BCUT2D eigenvalue weighted by Crippen LogP contribution is 2.12. The van der Waals surface area contributed by atoms with Gasteiger partial charge in [0.2, 0.25) is 0 Å². The second-order valence-electron chi connectivity index (χ2n) is 4.65. The minimum absolute atomic E-state index is 0.162. The lowest BCUT2D eigenvalue weighted by Gasteiger charge is -2.22. The van der Waals surface area contributed by atoms with Crippen molar-refractivity contribution in [2.75, 3.05) is 20.3 Å². The molecule has 1 heterocycles. The Labute approximate surface area is 119 Å². The number of ether oxygens (including phenoxy) is 1. The molecule has 0 amide bonds. The lowest BCUT2D eigenvalue weighted by Crippen LogP contribution is -2.27. The van der Waals surface area contributed by atoms with Crippen molar-refractivity contribution in [2.45, 2.75) is 13.1 Å². The molecule has 0 unspecified atom stereocenters. The molecule has 0 aliphatic carbocycles. The van der Waals surface area contributed by atoms with E-state index >= 15 is 0 Å². The number of halogens is 1. The van der Waals surface area contributed by atoms with Crippen LogP contribution in [0.25, 0.3) is 0 Å². The second-order valence-corrected chi connectivity index (χ2v) is 4.65. The summed E-state index contributed by atoms with van der Waals surface area (Å²) >= 11 is 0. The first kappa shape index (κ1) is 14.6. The molecule has 1 aromatic carbocycles. The zero-order valence-electron chi connectivity index (χ0n) is 11.6. The van der Waals surface area contributed by atoms with Crippen LogP contribution in [0.5, 0.6) is 0 Å². The monoisotopic (exact) mass is 274 g/mol. The van der Waals surface area contributed by atoms with Gasteiger partial charge in [-0.25, -0.2) is 4.39 Å². The zero-order chi connectivity index (χ0) is 14.2. The lowest BCUT2D eigenvalue weighted by molar-refractivity contribution is 0.139. The summed E-state index contributed by atoms with van der Waals surface area (Å²) in [5, 5.41) is 0. The van der Waals surface area contributed by atoms with E-state index in [1.807, 2.05) is 24.3 Å². The van der Waals surface area contributed by atoms with E-state index in [2.05, 4.69) is 9.88 Å². The highest BCUT2D eigenvalue weighted by molar-refractivity contribution is 5.17. The molecule has 4 heteroatoms. The summed E-state index contributed by atoms with van der Waals surface area (Å²) < 4.78 is 18.9. The Morgan fingerprint density at radius 1 is 1.10 bits per heavy atom. The third kappa shape index (κ3) is 4.40. The molecule has 0 radical (unpaired) electrons. The van der Waals surface area contributed by atoms with Crippen LogP contribution in [-0.4, -0.2) is 30.1 Å². The number of aromatic nitrogens is 1. The summed E-state index contributed by atoms with van der Waals surface area (Å²) in [6, 6.07) is 10.8. The molecule has 2 aromatic rings. The summed E-state index contributed by atoms with van der Waals surface area (Å²) in [5.41, 5.74) is 1.87. The molecule has 0 aliphatic rings. The second kappa shape index (κ2) is 7.72. The molecular formula is C16H19FN2O. The molecule has 0 fully saturated rings. The van der Waals surface area contributed by atoms with Gasteiger partial charge < -0.3 is 4.74 Å². The molecule has 1 aromatic heterocycles. The Kier molecular flexibility index (Phi) is 5.65. The van der Waals surface area contributed by atoms with Crippen molar-refractivity contribution in [2.24, 2.45) is 0 Å². The van der Waals surface area contributed by atoms with Crippen LogP contribution in [0.3, 0.4) is 0 Å². The highest BCUT2D eigenvalue weighted by atomic mass is 19.1. The predicted octanol–water partition coefficient (Wildman–Crippen LogP) is 2.87. The molecule has 3 nitrogen and oxygen atoms in total. The van der Waals surface area contributed by atoms with Gasteiger partial charge in [0, 0.05) is 44.7 Å². The maximum absolute atomic E-state index is 13.7. The van der Waals surface area contributed by atoms with Gasteiger partial charge in [-0.15, -0.1) is 0 Å². The van der Waals surface area contributed by atoms with E-state index in [0.717, 1.165) is 18.7 Å². The fourth-order valence-electron chi connectivity index (χ4n) is 2.05. The number of rotatable bonds is 7. The van der Waals surface area contributed by atoms with Gasteiger partial charge in [0.15, 0.2) is 0 Å². The van der Waals surface area contributed by atoms with Gasteiger partial charge in [-0.3, -0.25) is 9.88 Å². The summed E-state index contributed by atoms with van der Waals surface area (Å²) in [5.74, 6) is -0.162. The van der Waals surface area contributed by atoms with Gasteiger partial charge in [-0.1, -0.05) is 18.2 Å². The third-order valence-electron chi connectivity index (χ3n) is 3.12. The van der Waals surface area contributed by atoms with E-state index in [-0.39, 0.29) is 5.82 Å². The van der Waals surface area contributed by atoms with Gasteiger partial charge in [0.1, 0.15) is 5.82 Å². The van der Waals surface area contributed by atoms with E-state index in [0.29, 0.717) is 18.7 Å². The van der Waals surface area contributed by atoms with Gasteiger partial charge in [-0.05, 0) is 23.8 Å². The maximum atomic E-state index is 13.7. The van der Waals surface area contributed by atoms with Crippen molar-refractivity contribution >= 4 is 0 Å². The molecule has 0 N–H and O–H groups in total. The minimum Gasteiger partial charge on any atom is -0.383 e. The van der Waals surface area contributed by atoms with Crippen LogP contribution in [0.4, 0.5) is 4.39 Å². The van der Waals surface area contributed by atoms with E-state index in [1.165, 1.54) is 6.07 Å². The Balaban J connectivity index is 2.05. The first-order valence-electron chi connectivity index (χ1n) is 6.63. The molecule has 0 spiro atoms. The topological polar surface area (TPSA) is 25.4 Å². The SMILES string of the molecule is COCCN(Cc1ccncc1)Cc1ccccc1F. The Hall–Kier alpha value is -1.78. The predicted molar refractivity (Wildman–Crippen MR) is 76.6 cm³/mol. The van der Waals surface area contributed by atoms with Crippen LogP contribution in [0.15, 0.2) is 48.8 Å². The number of hydrogen-bond donors (Lipinski definition) is 0. The molecule has 20 heavy (non-hydrogen) atoms. The van der Waals surface area contributed by atoms with Crippen molar-refractivity contribution < 1.29 is 9.13 Å². The fraction of sp³-hybridized carbons (Fsp3) is 0.312. The Morgan fingerprint density at radius 2 is 1.85 bits per heavy atom. The standard InChI is InChI=1S/C16H19FN2O/c1-20-11-10-19(12-14-6-8-18-9-7-14)13-15-4-2-3-5-16(15)17/h2-9H,10-13H2,1H3. The molecule has 106 valence electrons. The van der Waals surface area contributed by atoms with Crippen molar-refractivity contribution in [3.8, 4) is 0 Å². The molecule has 0 saturated heterocycles. The van der Waals surface area contributed by atoms with Gasteiger partial charge in [-0.2, -0.15) is 0 Å². The van der Waals surface area contributed by atoms with Crippen molar-refractivity contribution in [1.29, 1.82) is 0 Å². The molecule has 0 aliphatic heterocycles. The smallest absolute Gasteiger partial charge is 0.127 e. The van der Waals surface area contributed by atoms with Crippen molar-refractivity contribution in [1.82, 2.24) is 9.88 Å². The first-order valence-corrected chi connectivity index (χ1v) is 6.63. The molecular weight excluding hydrogens is 255 g/mol. The quantitative estimate of drug-likeness (QED) is 0.776. The molecule has 0 atom stereocenters.